The van der Waals surface area contributed by atoms with Crippen molar-refractivity contribution in [1.82, 2.24) is 15.2 Å². The van der Waals surface area contributed by atoms with E-state index >= 15 is 0 Å². The molecule has 114 valence electrons. The Labute approximate surface area is 122 Å². The van der Waals surface area contributed by atoms with Crippen LogP contribution in [0.15, 0.2) is 18.3 Å². The zero-order valence-corrected chi connectivity index (χ0v) is 11.8. The number of likely N-dealkylation sites (tertiary alicyclic amines) is 1. The number of urea groups is 1. The lowest BCUT2D eigenvalue weighted by Gasteiger charge is -2.21. The summed E-state index contributed by atoms with van der Waals surface area (Å²) < 4.78 is 0. The van der Waals surface area contributed by atoms with Gasteiger partial charge in [-0.3, -0.25) is 4.98 Å². The van der Waals surface area contributed by atoms with Crippen LogP contribution in [0, 0.1) is 0 Å². The van der Waals surface area contributed by atoms with Gasteiger partial charge in [0.25, 0.3) is 0 Å². The van der Waals surface area contributed by atoms with Crippen LogP contribution in [0.25, 0.3) is 0 Å². The van der Waals surface area contributed by atoms with E-state index in [1.165, 1.54) is 0 Å². The van der Waals surface area contributed by atoms with Gasteiger partial charge in [-0.25, -0.2) is 9.59 Å². The lowest BCUT2D eigenvalue weighted by atomic mass is 10.1. The number of aryl methyl sites for hydroxylation is 1. The average Bonchev–Trinajstić information content (AvgIpc) is 2.87. The maximum Gasteiger partial charge on any atom is 0.326 e. The Hall–Kier alpha value is -2.15. The number of hydrogen-bond acceptors (Lipinski definition) is 4. The molecular weight excluding hydrogens is 274 g/mol. The molecule has 1 saturated heterocycles. The third kappa shape index (κ3) is 3.49. The van der Waals surface area contributed by atoms with Crippen molar-refractivity contribution in [2.45, 2.75) is 38.5 Å². The van der Waals surface area contributed by atoms with Crippen molar-refractivity contribution in [1.29, 1.82) is 0 Å². The van der Waals surface area contributed by atoms with E-state index in [4.69, 9.17) is 5.11 Å². The number of aromatic nitrogens is 1. The van der Waals surface area contributed by atoms with Gasteiger partial charge in [0.15, 0.2) is 0 Å². The quantitative estimate of drug-likeness (QED) is 0.744. The number of nitrogens with zero attached hydrogens (tertiary/aromatic N) is 2. The molecule has 2 heterocycles. The van der Waals surface area contributed by atoms with Crippen LogP contribution in [0.4, 0.5) is 4.79 Å². The largest absolute Gasteiger partial charge is 0.480 e. The maximum atomic E-state index is 12.1. The van der Waals surface area contributed by atoms with Gasteiger partial charge >= 0.3 is 12.0 Å². The number of pyridine rings is 1. The molecule has 0 saturated carbocycles. The second-order valence-electron chi connectivity index (χ2n) is 5.02. The number of carbonyl (C=O) groups excluding carboxylic acids is 1. The fraction of sp³-hybridized carbons (Fsp3) is 0.500. The van der Waals surface area contributed by atoms with Crippen molar-refractivity contribution in [3.63, 3.8) is 0 Å². The monoisotopic (exact) mass is 293 g/mol. The summed E-state index contributed by atoms with van der Waals surface area (Å²) in [6.45, 7) is 2.27. The minimum absolute atomic E-state index is 0.0334. The average molecular weight is 293 g/mol. The Morgan fingerprint density at radius 2 is 2.29 bits per heavy atom. The van der Waals surface area contributed by atoms with E-state index in [-0.39, 0.29) is 19.5 Å². The standard InChI is InChI=1S/C14H19N3O4/c1-2-9-4-3-5-15-11(9)7-16-14(21)17-8-10(18)6-12(17)13(19)20/h3-5,10,12,18H,2,6-8H2,1H3,(H,16,21)(H,19,20)/t10-,12-/m0/s1. The van der Waals surface area contributed by atoms with E-state index in [2.05, 4.69) is 10.3 Å². The van der Waals surface area contributed by atoms with Gasteiger partial charge in [0.2, 0.25) is 0 Å². The molecular formula is C14H19N3O4. The van der Waals surface area contributed by atoms with Crippen molar-refractivity contribution in [2.75, 3.05) is 6.54 Å². The molecule has 0 aromatic carbocycles. The van der Waals surface area contributed by atoms with Gasteiger partial charge in [0.05, 0.1) is 18.3 Å². The van der Waals surface area contributed by atoms with E-state index in [9.17, 15) is 14.7 Å². The van der Waals surface area contributed by atoms with Gasteiger partial charge in [-0.05, 0) is 18.1 Å². The summed E-state index contributed by atoms with van der Waals surface area (Å²) in [7, 11) is 0. The van der Waals surface area contributed by atoms with Crippen LogP contribution in [0.2, 0.25) is 0 Å². The highest BCUT2D eigenvalue weighted by Crippen LogP contribution is 2.18. The number of hydrogen-bond donors (Lipinski definition) is 3. The van der Waals surface area contributed by atoms with Gasteiger partial charge in [-0.1, -0.05) is 13.0 Å². The van der Waals surface area contributed by atoms with E-state index in [0.717, 1.165) is 22.6 Å². The molecule has 2 amide bonds. The van der Waals surface area contributed by atoms with Crippen LogP contribution >= 0.6 is 0 Å². The molecule has 3 N–H and O–H groups in total. The van der Waals surface area contributed by atoms with Crippen LogP contribution in [0.5, 0.6) is 0 Å². The Bertz CT molecular complexity index is 535. The zero-order chi connectivity index (χ0) is 15.4. The number of amides is 2. The lowest BCUT2D eigenvalue weighted by Crippen LogP contribution is -2.46. The lowest BCUT2D eigenvalue weighted by molar-refractivity contribution is -0.141. The van der Waals surface area contributed by atoms with Gasteiger partial charge in [0.1, 0.15) is 6.04 Å². The van der Waals surface area contributed by atoms with Crippen LogP contribution in [0.3, 0.4) is 0 Å². The molecule has 0 bridgehead atoms. The summed E-state index contributed by atoms with van der Waals surface area (Å²) in [5, 5.41) is 21.3. The number of rotatable bonds is 4. The van der Waals surface area contributed by atoms with Gasteiger partial charge in [-0.2, -0.15) is 0 Å². The number of nitrogens with one attached hydrogen (secondary N) is 1. The van der Waals surface area contributed by atoms with Gasteiger partial charge < -0.3 is 20.4 Å². The Balaban J connectivity index is 2.00. The Morgan fingerprint density at radius 1 is 1.52 bits per heavy atom. The number of β-amino-alcohol motifs (C(OH)–C–C–N with tert-alkyl or cyclic N) is 1. The minimum atomic E-state index is -1.10. The number of aliphatic hydroxyl groups excluding tert-OH is 1. The molecule has 0 aliphatic carbocycles. The molecule has 7 nitrogen and oxygen atoms in total. The third-order valence-corrected chi connectivity index (χ3v) is 3.60. The molecule has 0 spiro atoms. The first-order valence-corrected chi connectivity index (χ1v) is 6.91. The van der Waals surface area contributed by atoms with Crippen molar-refractivity contribution < 1.29 is 19.8 Å². The van der Waals surface area contributed by atoms with Crippen LogP contribution in [-0.2, 0) is 17.8 Å². The van der Waals surface area contributed by atoms with E-state index in [0.29, 0.717) is 0 Å². The highest BCUT2D eigenvalue weighted by atomic mass is 16.4. The molecule has 21 heavy (non-hydrogen) atoms. The molecule has 0 radical (unpaired) electrons. The van der Waals surface area contributed by atoms with Crippen molar-refractivity contribution in [2.24, 2.45) is 0 Å². The minimum Gasteiger partial charge on any atom is -0.480 e. The first-order chi connectivity index (χ1) is 10.0. The van der Waals surface area contributed by atoms with E-state index in [1.807, 2.05) is 19.1 Å². The molecule has 0 unspecified atom stereocenters. The summed E-state index contributed by atoms with van der Waals surface area (Å²) in [5.74, 6) is -1.10. The highest BCUT2D eigenvalue weighted by Gasteiger charge is 2.38. The van der Waals surface area contributed by atoms with E-state index in [1.54, 1.807) is 6.20 Å². The highest BCUT2D eigenvalue weighted by molar-refractivity contribution is 5.83. The molecule has 7 heteroatoms. The Kier molecular flexibility index (Phi) is 4.74. The predicted molar refractivity (Wildman–Crippen MR) is 74.6 cm³/mol. The molecule has 1 aliphatic heterocycles. The normalized spacial score (nSPS) is 21.3. The summed E-state index contributed by atoms with van der Waals surface area (Å²) in [5.41, 5.74) is 1.80. The van der Waals surface area contributed by atoms with Crippen molar-refractivity contribution >= 4 is 12.0 Å². The first-order valence-electron chi connectivity index (χ1n) is 6.91. The van der Waals surface area contributed by atoms with E-state index < -0.39 is 24.1 Å². The molecule has 1 aliphatic rings. The number of carboxylic acid groups (broad SMARTS) is 1. The summed E-state index contributed by atoms with van der Waals surface area (Å²) in [6, 6.07) is 2.30. The molecule has 1 aromatic rings. The predicted octanol–water partition coefficient (Wildman–Crippen LogP) is 0.373. The van der Waals surface area contributed by atoms with Crippen molar-refractivity contribution in [3.05, 3.63) is 29.6 Å². The fourth-order valence-corrected chi connectivity index (χ4v) is 2.49. The Morgan fingerprint density at radius 3 is 2.95 bits per heavy atom. The number of carboxylic acids is 1. The second-order valence-corrected chi connectivity index (χ2v) is 5.02. The summed E-state index contributed by atoms with van der Waals surface area (Å²) in [6.07, 6.45) is 1.73. The van der Waals surface area contributed by atoms with Crippen LogP contribution in [0.1, 0.15) is 24.6 Å². The number of aliphatic carboxylic acids is 1. The second kappa shape index (κ2) is 6.53. The molecule has 1 fully saturated rings. The maximum absolute atomic E-state index is 12.1. The molecule has 2 rings (SSSR count). The topological polar surface area (TPSA) is 103 Å². The summed E-state index contributed by atoms with van der Waals surface area (Å²) in [4.78, 5) is 28.6. The third-order valence-electron chi connectivity index (χ3n) is 3.60. The first kappa shape index (κ1) is 15.2. The van der Waals surface area contributed by atoms with Gasteiger partial charge in [0, 0.05) is 19.2 Å². The van der Waals surface area contributed by atoms with Crippen LogP contribution in [-0.4, -0.2) is 50.8 Å². The molecule has 1 aromatic heterocycles. The smallest absolute Gasteiger partial charge is 0.326 e. The molecule has 2 atom stereocenters. The number of carbonyl (C=O) groups is 2. The summed E-state index contributed by atoms with van der Waals surface area (Å²) >= 11 is 0. The zero-order valence-electron chi connectivity index (χ0n) is 11.8. The van der Waals surface area contributed by atoms with Gasteiger partial charge in [-0.15, -0.1) is 0 Å². The van der Waals surface area contributed by atoms with Crippen LogP contribution < -0.4 is 5.32 Å². The van der Waals surface area contributed by atoms with Crippen molar-refractivity contribution in [3.8, 4) is 0 Å². The number of aliphatic hydroxyl groups is 1. The fourth-order valence-electron chi connectivity index (χ4n) is 2.49. The SMILES string of the molecule is CCc1cccnc1CNC(=O)N1C[C@@H](O)C[C@H]1C(=O)O.